The summed E-state index contributed by atoms with van der Waals surface area (Å²) in [5.41, 5.74) is -2.41. The number of rotatable bonds is 17. The van der Waals surface area contributed by atoms with Gasteiger partial charge in [0.25, 0.3) is 14.1 Å². The summed E-state index contributed by atoms with van der Waals surface area (Å²) in [5.74, 6) is 1.35. The Kier molecular flexibility index (Phi) is 13.9. The summed E-state index contributed by atoms with van der Waals surface area (Å²) in [6.07, 6.45) is 0.647. The van der Waals surface area contributed by atoms with E-state index in [9.17, 15) is 9.59 Å². The highest BCUT2D eigenvalue weighted by Gasteiger charge is 2.65. The predicted octanol–water partition coefficient (Wildman–Crippen LogP) is 6.57. The molecule has 1 aromatic heterocycles. The Balaban J connectivity index is 1.56. The van der Waals surface area contributed by atoms with Gasteiger partial charge in [0.15, 0.2) is 0 Å². The number of aromatic nitrogens is 2. The van der Waals surface area contributed by atoms with Crippen molar-refractivity contribution in [1.82, 2.24) is 14.2 Å². The van der Waals surface area contributed by atoms with E-state index in [2.05, 4.69) is 42.2 Å². The van der Waals surface area contributed by atoms with Gasteiger partial charge in [-0.3, -0.25) is 14.3 Å². The molecular formula is C43H53N4O10P. The first-order valence-electron chi connectivity index (χ1n) is 19.3. The number of hydrogen-bond acceptors (Lipinski definition) is 11. The molecule has 58 heavy (non-hydrogen) atoms. The van der Waals surface area contributed by atoms with Crippen molar-refractivity contribution in [3.8, 4) is 11.5 Å². The van der Waals surface area contributed by atoms with Crippen LogP contribution in [0.15, 0.2) is 94.6 Å². The number of aromatic amines is 1. The summed E-state index contributed by atoms with van der Waals surface area (Å²) in [7, 11) is 1.38. The Morgan fingerprint density at radius 1 is 0.914 bits per heavy atom. The maximum absolute atomic E-state index is 13.5. The maximum Gasteiger partial charge on any atom is 0.330 e. The molecule has 2 unspecified atom stereocenters. The lowest BCUT2D eigenvalue weighted by Gasteiger charge is -2.47. The molecule has 3 heterocycles. The van der Waals surface area contributed by atoms with Crippen LogP contribution in [0.25, 0.3) is 4.85 Å². The fraction of sp³-hybridized carbons (Fsp3) is 0.465. The molecule has 2 saturated heterocycles. The molecule has 0 bridgehead atoms. The van der Waals surface area contributed by atoms with Gasteiger partial charge in [-0.25, -0.2) is 16.0 Å². The quantitative estimate of drug-likeness (QED) is 0.0537. The van der Waals surface area contributed by atoms with Gasteiger partial charge >= 0.3 is 5.69 Å². The van der Waals surface area contributed by atoms with Gasteiger partial charge in [-0.1, -0.05) is 54.6 Å². The minimum absolute atomic E-state index is 0.0115. The summed E-state index contributed by atoms with van der Waals surface area (Å²) < 4.78 is 55.5. The average Bonchev–Trinajstić information content (AvgIpc) is 3.42. The van der Waals surface area contributed by atoms with Crippen molar-refractivity contribution in [1.29, 1.82) is 0 Å². The van der Waals surface area contributed by atoms with Gasteiger partial charge in [0.1, 0.15) is 47.9 Å². The number of fused-ring (bicyclic) bond motifs is 1. The average molecular weight is 817 g/mol. The second-order valence-corrected chi connectivity index (χ2v) is 16.3. The van der Waals surface area contributed by atoms with Crippen LogP contribution in [0.3, 0.4) is 0 Å². The van der Waals surface area contributed by atoms with Gasteiger partial charge in [0.05, 0.1) is 34.0 Å². The summed E-state index contributed by atoms with van der Waals surface area (Å²) >= 11 is 0. The molecule has 310 valence electrons. The van der Waals surface area contributed by atoms with Crippen molar-refractivity contribution >= 4 is 8.53 Å². The zero-order valence-corrected chi connectivity index (χ0v) is 35.0. The Bertz CT molecular complexity index is 2070. The SMILES string of the molecule is [C-]#[N+]CCOP(OC12COCOC[C@]1(COC(c1ccccc1)(c1ccc(OC)cc1)c1ccc(OC)cc1)O[C@@H](n1cc(C)c(=O)[nH]c1=O)C2)N(C(C)C)C(C)C. The van der Waals surface area contributed by atoms with Crippen LogP contribution in [0.1, 0.15) is 62.6 Å². The van der Waals surface area contributed by atoms with E-state index in [1.165, 1.54) is 10.8 Å². The van der Waals surface area contributed by atoms with Gasteiger partial charge in [0.2, 0.25) is 6.54 Å². The highest BCUT2D eigenvalue weighted by Crippen LogP contribution is 2.58. The Morgan fingerprint density at radius 2 is 1.50 bits per heavy atom. The van der Waals surface area contributed by atoms with E-state index < -0.39 is 42.8 Å². The van der Waals surface area contributed by atoms with Crippen LogP contribution in [0.4, 0.5) is 0 Å². The first-order valence-corrected chi connectivity index (χ1v) is 20.4. The second kappa shape index (κ2) is 18.7. The highest BCUT2D eigenvalue weighted by atomic mass is 31.2. The summed E-state index contributed by atoms with van der Waals surface area (Å²) in [4.78, 5) is 32.0. The number of methoxy groups -OCH3 is 2. The van der Waals surface area contributed by atoms with Crippen LogP contribution < -0.4 is 20.7 Å². The second-order valence-electron chi connectivity index (χ2n) is 15.0. The van der Waals surface area contributed by atoms with E-state index in [1.54, 1.807) is 21.1 Å². The number of aryl methyl sites for hydroxylation is 1. The Hall–Kier alpha value is -4.42. The minimum atomic E-state index is -1.86. The zero-order valence-electron chi connectivity index (χ0n) is 34.1. The van der Waals surface area contributed by atoms with E-state index in [0.29, 0.717) is 17.1 Å². The molecule has 0 spiro atoms. The fourth-order valence-electron chi connectivity index (χ4n) is 7.74. The standard InChI is InChI=1S/C43H53N4O10P/c1-30(2)47(31(3)4)58(55-23-22-44-6)57-41-24-38(46-25-32(5)39(48)45-40(46)49)56-42(41,27-53-29-52-26-41)28-54-43(33-12-10-9-11-13-33,34-14-18-36(50-7)19-15-34)35-16-20-37(51-8)21-17-35/h9-21,25,30-31,38H,22-24,26-29H2,1-5,7-8H3,(H,45,48,49)/t38-,41?,42-,58?/m1/s1. The summed E-state index contributed by atoms with van der Waals surface area (Å²) in [5, 5.41) is 0. The maximum atomic E-state index is 13.5. The van der Waals surface area contributed by atoms with Crippen LogP contribution in [-0.4, -0.2) is 91.5 Å². The molecule has 2 aliphatic rings. The number of hydrogen-bond donors (Lipinski definition) is 1. The molecular weight excluding hydrogens is 763 g/mol. The molecule has 0 radical (unpaired) electrons. The number of benzene rings is 3. The van der Waals surface area contributed by atoms with Crippen LogP contribution >= 0.6 is 8.53 Å². The number of ether oxygens (including phenoxy) is 6. The van der Waals surface area contributed by atoms with Crippen LogP contribution in [0, 0.1) is 13.5 Å². The lowest BCUT2D eigenvalue weighted by molar-refractivity contribution is -0.199. The van der Waals surface area contributed by atoms with Crippen LogP contribution in [0.2, 0.25) is 0 Å². The van der Waals surface area contributed by atoms with Crippen molar-refractivity contribution in [2.24, 2.45) is 0 Å². The van der Waals surface area contributed by atoms with E-state index in [0.717, 1.165) is 16.7 Å². The largest absolute Gasteiger partial charge is 0.497 e. The molecule has 3 aromatic carbocycles. The number of H-pyrrole nitrogens is 1. The lowest BCUT2D eigenvalue weighted by Crippen LogP contribution is -2.60. The van der Waals surface area contributed by atoms with Gasteiger partial charge < -0.3 is 42.3 Å². The van der Waals surface area contributed by atoms with Crippen molar-refractivity contribution < 1.29 is 37.5 Å². The molecule has 0 aliphatic carbocycles. The van der Waals surface area contributed by atoms with Crippen LogP contribution in [-0.2, 0) is 33.6 Å². The van der Waals surface area contributed by atoms with Crippen molar-refractivity contribution in [3.05, 3.63) is 140 Å². The molecule has 4 aromatic rings. The van der Waals surface area contributed by atoms with E-state index in [1.807, 2.05) is 78.9 Å². The van der Waals surface area contributed by atoms with Crippen molar-refractivity contribution in [2.45, 2.75) is 76.2 Å². The van der Waals surface area contributed by atoms with E-state index in [4.69, 9.17) is 44.0 Å². The normalized spacial score (nSPS) is 21.4. The molecule has 15 heteroatoms. The molecule has 0 amide bonds. The van der Waals surface area contributed by atoms with E-state index in [-0.39, 0.29) is 58.3 Å². The molecule has 0 saturated carbocycles. The third kappa shape index (κ3) is 8.64. The van der Waals surface area contributed by atoms with Gasteiger partial charge in [-0.05, 0) is 75.6 Å². The molecule has 6 rings (SSSR count). The first kappa shape index (κ1) is 43.2. The minimum Gasteiger partial charge on any atom is -0.497 e. The smallest absolute Gasteiger partial charge is 0.330 e. The molecule has 1 N–H and O–H groups in total. The molecule has 4 atom stereocenters. The highest BCUT2D eigenvalue weighted by molar-refractivity contribution is 7.44. The monoisotopic (exact) mass is 816 g/mol. The third-order valence-corrected chi connectivity index (χ3v) is 12.8. The van der Waals surface area contributed by atoms with Crippen molar-refractivity contribution in [3.63, 3.8) is 0 Å². The van der Waals surface area contributed by atoms with Gasteiger partial charge in [0, 0.05) is 30.3 Å². The third-order valence-electron chi connectivity index (χ3n) is 10.6. The number of nitrogens with zero attached hydrogens (tertiary/aromatic N) is 3. The summed E-state index contributed by atoms with van der Waals surface area (Å²) in [6.45, 7) is 17.4. The predicted molar refractivity (Wildman–Crippen MR) is 219 cm³/mol. The van der Waals surface area contributed by atoms with E-state index >= 15 is 0 Å². The lowest BCUT2D eigenvalue weighted by atomic mass is 9.79. The Morgan fingerprint density at radius 3 is 2.07 bits per heavy atom. The molecule has 14 nitrogen and oxygen atoms in total. The first-order chi connectivity index (χ1) is 27.9. The summed E-state index contributed by atoms with van der Waals surface area (Å²) in [6, 6.07) is 25.3. The van der Waals surface area contributed by atoms with Gasteiger partial charge in [-0.15, -0.1) is 0 Å². The molecule has 2 fully saturated rings. The topological polar surface area (TPSA) is 136 Å². The van der Waals surface area contributed by atoms with Crippen LogP contribution in [0.5, 0.6) is 11.5 Å². The zero-order chi connectivity index (χ0) is 41.5. The molecule has 2 aliphatic heterocycles. The number of nitrogens with one attached hydrogen (secondary N) is 1. The fourth-order valence-corrected chi connectivity index (χ4v) is 9.61. The van der Waals surface area contributed by atoms with Gasteiger partial charge in [-0.2, -0.15) is 0 Å². The van der Waals surface area contributed by atoms with Crippen molar-refractivity contribution in [2.75, 3.05) is 54.0 Å². The Labute approximate surface area is 340 Å².